The van der Waals surface area contributed by atoms with Crippen LogP contribution < -0.4 is 11.3 Å². The molecule has 3 nitrogen and oxygen atoms in total. The van der Waals surface area contributed by atoms with Crippen LogP contribution in [-0.4, -0.2) is 19.8 Å². The predicted octanol–water partition coefficient (Wildman–Crippen LogP) is 2.05. The number of methoxy groups -OCH3 is 1. The first-order chi connectivity index (χ1) is 8.36. The molecule has 17 heavy (non-hydrogen) atoms. The number of benzene rings is 1. The molecule has 1 fully saturated rings. The standard InChI is InChI=1S/C14H22N2O/c1-17-9-5-8-14(16-15)13-10-12(13)11-6-3-2-4-7-11/h2-4,6-7,12-14,16H,5,8-10,15H2,1H3. The van der Waals surface area contributed by atoms with Crippen LogP contribution in [0.15, 0.2) is 30.3 Å². The van der Waals surface area contributed by atoms with E-state index < -0.39 is 0 Å². The van der Waals surface area contributed by atoms with Gasteiger partial charge in [0, 0.05) is 19.8 Å². The first-order valence-electron chi connectivity index (χ1n) is 6.37. The van der Waals surface area contributed by atoms with Gasteiger partial charge in [0.25, 0.3) is 0 Å². The second-order valence-electron chi connectivity index (χ2n) is 4.82. The summed E-state index contributed by atoms with van der Waals surface area (Å²) in [5.41, 5.74) is 4.42. The average Bonchev–Trinajstić information content (AvgIpc) is 3.16. The number of ether oxygens (including phenoxy) is 1. The summed E-state index contributed by atoms with van der Waals surface area (Å²) in [7, 11) is 1.74. The smallest absolute Gasteiger partial charge is 0.0462 e. The Morgan fingerprint density at radius 3 is 2.82 bits per heavy atom. The summed E-state index contributed by atoms with van der Waals surface area (Å²) in [6.07, 6.45) is 3.42. The van der Waals surface area contributed by atoms with Crippen molar-refractivity contribution < 1.29 is 4.74 Å². The van der Waals surface area contributed by atoms with Crippen LogP contribution in [0.3, 0.4) is 0 Å². The van der Waals surface area contributed by atoms with Gasteiger partial charge in [-0.3, -0.25) is 11.3 Å². The Bertz CT molecular complexity index is 328. The predicted molar refractivity (Wildman–Crippen MR) is 69.5 cm³/mol. The van der Waals surface area contributed by atoms with E-state index in [0.717, 1.165) is 19.4 Å². The molecule has 0 aromatic heterocycles. The molecule has 0 radical (unpaired) electrons. The highest BCUT2D eigenvalue weighted by atomic mass is 16.5. The summed E-state index contributed by atoms with van der Waals surface area (Å²) >= 11 is 0. The molecule has 0 heterocycles. The summed E-state index contributed by atoms with van der Waals surface area (Å²) in [4.78, 5) is 0. The molecule has 1 aliphatic rings. The Labute approximate surface area is 103 Å². The average molecular weight is 234 g/mol. The van der Waals surface area contributed by atoms with Gasteiger partial charge in [-0.2, -0.15) is 0 Å². The second-order valence-corrected chi connectivity index (χ2v) is 4.82. The topological polar surface area (TPSA) is 47.3 Å². The summed E-state index contributed by atoms with van der Waals surface area (Å²) < 4.78 is 5.08. The molecule has 0 bridgehead atoms. The summed E-state index contributed by atoms with van der Waals surface area (Å²) in [5.74, 6) is 7.03. The van der Waals surface area contributed by atoms with Gasteiger partial charge in [-0.25, -0.2) is 0 Å². The van der Waals surface area contributed by atoms with Crippen molar-refractivity contribution in [3.05, 3.63) is 35.9 Å². The van der Waals surface area contributed by atoms with Crippen LogP contribution in [0.5, 0.6) is 0 Å². The largest absolute Gasteiger partial charge is 0.385 e. The van der Waals surface area contributed by atoms with Gasteiger partial charge in [0.15, 0.2) is 0 Å². The third kappa shape index (κ3) is 3.28. The number of rotatable bonds is 7. The molecule has 0 spiro atoms. The lowest BCUT2D eigenvalue weighted by molar-refractivity contribution is 0.187. The third-order valence-corrected chi connectivity index (χ3v) is 3.66. The molecule has 3 unspecified atom stereocenters. The van der Waals surface area contributed by atoms with E-state index in [4.69, 9.17) is 10.6 Å². The Hall–Kier alpha value is -0.900. The van der Waals surface area contributed by atoms with Crippen molar-refractivity contribution in [1.29, 1.82) is 0 Å². The normalized spacial score (nSPS) is 24.6. The minimum absolute atomic E-state index is 0.426. The zero-order valence-electron chi connectivity index (χ0n) is 10.4. The van der Waals surface area contributed by atoms with Crippen LogP contribution in [0, 0.1) is 5.92 Å². The fourth-order valence-electron chi connectivity index (χ4n) is 2.61. The molecule has 1 aromatic rings. The van der Waals surface area contributed by atoms with Gasteiger partial charge >= 0.3 is 0 Å². The van der Waals surface area contributed by atoms with Crippen molar-refractivity contribution in [2.24, 2.45) is 11.8 Å². The monoisotopic (exact) mass is 234 g/mol. The highest BCUT2D eigenvalue weighted by Crippen LogP contribution is 2.50. The number of nitrogens with two attached hydrogens (primary N) is 1. The van der Waals surface area contributed by atoms with E-state index >= 15 is 0 Å². The fourth-order valence-corrected chi connectivity index (χ4v) is 2.61. The van der Waals surface area contributed by atoms with Crippen molar-refractivity contribution in [3.63, 3.8) is 0 Å². The SMILES string of the molecule is COCCCC(NN)C1CC1c1ccccc1. The molecular weight excluding hydrogens is 212 g/mol. The molecule has 1 saturated carbocycles. The van der Waals surface area contributed by atoms with Gasteiger partial charge < -0.3 is 4.74 Å². The van der Waals surface area contributed by atoms with Crippen molar-refractivity contribution in [1.82, 2.24) is 5.43 Å². The Morgan fingerprint density at radius 2 is 2.18 bits per heavy atom. The van der Waals surface area contributed by atoms with Gasteiger partial charge in [0.1, 0.15) is 0 Å². The highest BCUT2D eigenvalue weighted by Gasteiger charge is 2.42. The molecule has 1 aromatic carbocycles. The molecule has 0 saturated heterocycles. The second kappa shape index (κ2) is 6.15. The van der Waals surface area contributed by atoms with Crippen LogP contribution in [0.2, 0.25) is 0 Å². The summed E-state index contributed by atoms with van der Waals surface area (Å²) in [6.45, 7) is 0.820. The van der Waals surface area contributed by atoms with Crippen molar-refractivity contribution in [3.8, 4) is 0 Å². The van der Waals surface area contributed by atoms with Gasteiger partial charge in [-0.15, -0.1) is 0 Å². The first kappa shape index (κ1) is 12.6. The highest BCUT2D eigenvalue weighted by molar-refractivity contribution is 5.26. The van der Waals surface area contributed by atoms with Gasteiger partial charge in [-0.1, -0.05) is 30.3 Å². The zero-order chi connectivity index (χ0) is 12.1. The molecule has 3 atom stereocenters. The van der Waals surface area contributed by atoms with Crippen LogP contribution in [0.4, 0.5) is 0 Å². The zero-order valence-corrected chi connectivity index (χ0v) is 10.4. The molecule has 3 heteroatoms. The fraction of sp³-hybridized carbons (Fsp3) is 0.571. The molecule has 2 rings (SSSR count). The van der Waals surface area contributed by atoms with Gasteiger partial charge in [0.05, 0.1) is 0 Å². The Balaban J connectivity index is 1.83. The minimum atomic E-state index is 0.426. The van der Waals surface area contributed by atoms with Crippen molar-refractivity contribution >= 4 is 0 Å². The lowest BCUT2D eigenvalue weighted by atomic mass is 10.0. The lowest BCUT2D eigenvalue weighted by Crippen LogP contribution is -2.37. The van der Waals surface area contributed by atoms with E-state index in [1.807, 2.05) is 0 Å². The maximum Gasteiger partial charge on any atom is 0.0462 e. The van der Waals surface area contributed by atoms with E-state index in [-0.39, 0.29) is 0 Å². The number of nitrogens with one attached hydrogen (secondary N) is 1. The molecule has 0 aliphatic heterocycles. The number of hydrogen-bond acceptors (Lipinski definition) is 3. The van der Waals surface area contributed by atoms with Crippen molar-refractivity contribution in [2.75, 3.05) is 13.7 Å². The molecule has 0 amide bonds. The lowest BCUT2D eigenvalue weighted by Gasteiger charge is -2.15. The van der Waals surface area contributed by atoms with Crippen LogP contribution in [0.25, 0.3) is 0 Å². The third-order valence-electron chi connectivity index (χ3n) is 3.66. The van der Waals surface area contributed by atoms with Crippen LogP contribution in [0.1, 0.15) is 30.7 Å². The van der Waals surface area contributed by atoms with Crippen LogP contribution >= 0.6 is 0 Å². The molecule has 1 aliphatic carbocycles. The summed E-state index contributed by atoms with van der Waals surface area (Å²) in [5, 5.41) is 0. The maximum absolute atomic E-state index is 5.65. The number of hydrazine groups is 1. The molecule has 94 valence electrons. The van der Waals surface area contributed by atoms with E-state index in [0.29, 0.717) is 17.9 Å². The van der Waals surface area contributed by atoms with E-state index in [1.165, 1.54) is 12.0 Å². The van der Waals surface area contributed by atoms with E-state index in [1.54, 1.807) is 7.11 Å². The van der Waals surface area contributed by atoms with Crippen LogP contribution in [-0.2, 0) is 4.74 Å². The van der Waals surface area contributed by atoms with Gasteiger partial charge in [0.2, 0.25) is 0 Å². The van der Waals surface area contributed by atoms with Gasteiger partial charge in [-0.05, 0) is 36.7 Å². The molecule has 3 N–H and O–H groups in total. The maximum atomic E-state index is 5.65. The Kier molecular flexibility index (Phi) is 4.54. The molecular formula is C14H22N2O. The van der Waals surface area contributed by atoms with Crippen molar-refractivity contribution in [2.45, 2.75) is 31.2 Å². The Morgan fingerprint density at radius 1 is 1.41 bits per heavy atom. The summed E-state index contributed by atoms with van der Waals surface area (Å²) in [6, 6.07) is 11.1. The minimum Gasteiger partial charge on any atom is -0.385 e. The first-order valence-corrected chi connectivity index (χ1v) is 6.37. The van der Waals surface area contributed by atoms with E-state index in [2.05, 4.69) is 35.8 Å². The quantitative estimate of drug-likeness (QED) is 0.431. The number of hydrogen-bond donors (Lipinski definition) is 2. The van der Waals surface area contributed by atoms with E-state index in [9.17, 15) is 0 Å².